The van der Waals surface area contributed by atoms with Crippen LogP contribution in [-0.2, 0) is 16.1 Å². The number of amides is 1. The van der Waals surface area contributed by atoms with Crippen LogP contribution in [0.3, 0.4) is 0 Å². The van der Waals surface area contributed by atoms with Gasteiger partial charge in [-0.2, -0.15) is 0 Å². The second-order valence-corrected chi connectivity index (χ2v) is 6.56. The zero-order valence-electron chi connectivity index (χ0n) is 14.2. The zero-order chi connectivity index (χ0) is 17.4. The third-order valence-electron chi connectivity index (χ3n) is 4.34. The van der Waals surface area contributed by atoms with E-state index in [-0.39, 0.29) is 17.6 Å². The molecule has 24 heavy (non-hydrogen) atoms. The molecule has 0 aliphatic carbocycles. The van der Waals surface area contributed by atoms with Crippen LogP contribution >= 0.6 is 11.6 Å². The van der Waals surface area contributed by atoms with Crippen LogP contribution in [0.4, 0.5) is 4.39 Å². The Morgan fingerprint density at radius 1 is 1.42 bits per heavy atom. The van der Waals surface area contributed by atoms with Gasteiger partial charge in [0.15, 0.2) is 0 Å². The number of ether oxygens (including phenoxy) is 1. The van der Waals surface area contributed by atoms with E-state index in [1.807, 2.05) is 6.92 Å². The largest absolute Gasteiger partial charge is 0.382 e. The lowest BCUT2D eigenvalue weighted by molar-refractivity contribution is -0.126. The standard InChI is InChI=1S/C18H26ClFN2O2/c1-2-24-11-3-8-21-18(23)14-6-9-22(10-7-14)13-15-4-5-16(19)12-17(15)20/h4-5,12,14H,2-3,6-11,13H2,1H3,(H,21,23). The summed E-state index contributed by atoms with van der Waals surface area (Å²) in [5.74, 6) is -0.0797. The normalized spacial score (nSPS) is 16.3. The number of piperidine rings is 1. The Bertz CT molecular complexity index is 534. The second-order valence-electron chi connectivity index (χ2n) is 6.13. The van der Waals surface area contributed by atoms with E-state index in [0.29, 0.717) is 36.9 Å². The van der Waals surface area contributed by atoms with Crippen molar-refractivity contribution >= 4 is 17.5 Å². The van der Waals surface area contributed by atoms with Crippen molar-refractivity contribution in [3.05, 3.63) is 34.6 Å². The van der Waals surface area contributed by atoms with E-state index in [9.17, 15) is 9.18 Å². The summed E-state index contributed by atoms with van der Waals surface area (Å²) in [4.78, 5) is 14.3. The van der Waals surface area contributed by atoms with Crippen LogP contribution in [0.2, 0.25) is 5.02 Å². The number of rotatable bonds is 8. The molecule has 1 heterocycles. The fourth-order valence-corrected chi connectivity index (χ4v) is 3.08. The Morgan fingerprint density at radius 2 is 2.17 bits per heavy atom. The smallest absolute Gasteiger partial charge is 0.223 e. The van der Waals surface area contributed by atoms with Gasteiger partial charge in [-0.15, -0.1) is 0 Å². The molecule has 1 aromatic carbocycles. The summed E-state index contributed by atoms with van der Waals surface area (Å²) in [5.41, 5.74) is 0.651. The van der Waals surface area contributed by atoms with Gasteiger partial charge in [0.25, 0.3) is 0 Å². The summed E-state index contributed by atoms with van der Waals surface area (Å²) in [6.07, 6.45) is 2.47. The van der Waals surface area contributed by atoms with Crippen molar-refractivity contribution in [1.82, 2.24) is 10.2 Å². The number of benzene rings is 1. The van der Waals surface area contributed by atoms with Gasteiger partial charge < -0.3 is 10.1 Å². The molecule has 0 atom stereocenters. The molecule has 4 nitrogen and oxygen atoms in total. The fraction of sp³-hybridized carbons (Fsp3) is 0.611. The van der Waals surface area contributed by atoms with Crippen molar-refractivity contribution in [1.29, 1.82) is 0 Å². The maximum Gasteiger partial charge on any atom is 0.223 e. The van der Waals surface area contributed by atoms with E-state index >= 15 is 0 Å². The van der Waals surface area contributed by atoms with E-state index in [1.165, 1.54) is 6.07 Å². The number of halogens is 2. The SMILES string of the molecule is CCOCCCNC(=O)C1CCN(Cc2ccc(Cl)cc2F)CC1. The quantitative estimate of drug-likeness (QED) is 0.727. The van der Waals surface area contributed by atoms with Crippen LogP contribution in [0, 0.1) is 11.7 Å². The van der Waals surface area contributed by atoms with Gasteiger partial charge >= 0.3 is 0 Å². The topological polar surface area (TPSA) is 41.6 Å². The number of nitrogens with one attached hydrogen (secondary N) is 1. The van der Waals surface area contributed by atoms with Crippen molar-refractivity contribution < 1.29 is 13.9 Å². The minimum Gasteiger partial charge on any atom is -0.382 e. The van der Waals surface area contributed by atoms with Crippen molar-refractivity contribution in [3.8, 4) is 0 Å². The molecule has 0 spiro atoms. The molecule has 0 unspecified atom stereocenters. The van der Waals surface area contributed by atoms with E-state index in [1.54, 1.807) is 12.1 Å². The Labute approximate surface area is 148 Å². The molecule has 0 saturated carbocycles. The zero-order valence-corrected chi connectivity index (χ0v) is 14.9. The summed E-state index contributed by atoms with van der Waals surface area (Å²) >= 11 is 5.78. The number of likely N-dealkylation sites (tertiary alicyclic amines) is 1. The molecule has 0 bridgehead atoms. The fourth-order valence-electron chi connectivity index (χ4n) is 2.92. The molecule has 1 saturated heterocycles. The predicted octanol–water partition coefficient (Wildman–Crippen LogP) is 3.23. The van der Waals surface area contributed by atoms with Gasteiger partial charge in [0.1, 0.15) is 5.82 Å². The molecule has 0 aromatic heterocycles. The van der Waals surface area contributed by atoms with Crippen LogP contribution in [0.15, 0.2) is 18.2 Å². The van der Waals surface area contributed by atoms with Crippen molar-refractivity contribution in [2.24, 2.45) is 5.92 Å². The molecular formula is C18H26ClFN2O2. The number of nitrogens with zero attached hydrogens (tertiary/aromatic N) is 1. The van der Waals surface area contributed by atoms with E-state index in [2.05, 4.69) is 10.2 Å². The monoisotopic (exact) mass is 356 g/mol. The molecule has 0 radical (unpaired) electrons. The highest BCUT2D eigenvalue weighted by Gasteiger charge is 2.25. The third kappa shape index (κ3) is 6.04. The number of carbonyl (C=O) groups excluding carboxylic acids is 1. The first kappa shape index (κ1) is 19.2. The maximum atomic E-state index is 13.9. The van der Waals surface area contributed by atoms with Gasteiger partial charge in [0.05, 0.1) is 0 Å². The summed E-state index contributed by atoms with van der Waals surface area (Å²) < 4.78 is 19.1. The molecule has 1 N–H and O–H groups in total. The highest BCUT2D eigenvalue weighted by Crippen LogP contribution is 2.21. The van der Waals surface area contributed by atoms with Crippen LogP contribution in [0.25, 0.3) is 0 Å². The average molecular weight is 357 g/mol. The van der Waals surface area contributed by atoms with E-state index < -0.39 is 0 Å². The van der Waals surface area contributed by atoms with Gasteiger partial charge in [0, 0.05) is 42.8 Å². The highest BCUT2D eigenvalue weighted by atomic mass is 35.5. The first-order valence-corrected chi connectivity index (χ1v) is 8.99. The molecule has 1 aromatic rings. The predicted molar refractivity (Wildman–Crippen MR) is 93.5 cm³/mol. The van der Waals surface area contributed by atoms with Gasteiger partial charge in [-0.1, -0.05) is 17.7 Å². The molecule has 134 valence electrons. The third-order valence-corrected chi connectivity index (χ3v) is 4.57. The van der Waals surface area contributed by atoms with Gasteiger partial charge in [-0.25, -0.2) is 4.39 Å². The Hall–Kier alpha value is -1.17. The number of hydrogen-bond donors (Lipinski definition) is 1. The van der Waals surface area contributed by atoms with Crippen LogP contribution < -0.4 is 5.32 Å². The molecule has 2 rings (SSSR count). The van der Waals surface area contributed by atoms with Gasteiger partial charge in [-0.3, -0.25) is 9.69 Å². The Kier molecular flexibility index (Phi) is 7.95. The van der Waals surface area contributed by atoms with Crippen molar-refractivity contribution in [2.45, 2.75) is 32.7 Å². The first-order valence-electron chi connectivity index (χ1n) is 8.62. The lowest BCUT2D eigenvalue weighted by Crippen LogP contribution is -2.40. The van der Waals surface area contributed by atoms with Crippen LogP contribution in [0.1, 0.15) is 31.7 Å². The molecule has 1 aliphatic rings. The summed E-state index contributed by atoms with van der Waals surface area (Å²) in [7, 11) is 0. The number of carbonyl (C=O) groups is 1. The Morgan fingerprint density at radius 3 is 2.83 bits per heavy atom. The van der Waals surface area contributed by atoms with Crippen LogP contribution in [-0.4, -0.2) is 43.7 Å². The van der Waals surface area contributed by atoms with Gasteiger partial charge in [-0.05, 0) is 51.4 Å². The Balaban J connectivity index is 1.70. The van der Waals surface area contributed by atoms with E-state index in [0.717, 1.165) is 32.4 Å². The highest BCUT2D eigenvalue weighted by molar-refractivity contribution is 6.30. The van der Waals surface area contributed by atoms with E-state index in [4.69, 9.17) is 16.3 Å². The molecule has 1 amide bonds. The number of hydrogen-bond acceptors (Lipinski definition) is 3. The lowest BCUT2D eigenvalue weighted by atomic mass is 9.95. The minimum atomic E-state index is -0.267. The summed E-state index contributed by atoms with van der Waals surface area (Å²) in [5, 5.41) is 3.39. The molecule has 1 aliphatic heterocycles. The minimum absolute atomic E-state index is 0.0587. The molecular weight excluding hydrogens is 331 g/mol. The second kappa shape index (κ2) is 9.97. The van der Waals surface area contributed by atoms with Crippen molar-refractivity contribution in [3.63, 3.8) is 0 Å². The van der Waals surface area contributed by atoms with Crippen molar-refractivity contribution in [2.75, 3.05) is 32.8 Å². The molecule has 1 fully saturated rings. The first-order chi connectivity index (χ1) is 11.6. The summed E-state index contributed by atoms with van der Waals surface area (Å²) in [6.45, 7) is 6.18. The lowest BCUT2D eigenvalue weighted by Gasteiger charge is -2.31. The maximum absolute atomic E-state index is 13.9. The average Bonchev–Trinajstić information content (AvgIpc) is 2.57. The summed E-state index contributed by atoms with van der Waals surface area (Å²) in [6, 6.07) is 4.79. The van der Waals surface area contributed by atoms with Gasteiger partial charge in [0.2, 0.25) is 5.91 Å². The molecule has 6 heteroatoms. The van der Waals surface area contributed by atoms with Crippen LogP contribution in [0.5, 0.6) is 0 Å².